The Morgan fingerprint density at radius 1 is 1.08 bits per heavy atom. The van der Waals surface area contributed by atoms with Crippen molar-refractivity contribution in [1.29, 1.82) is 0 Å². The van der Waals surface area contributed by atoms with E-state index >= 15 is 0 Å². The largest absolute Gasteiger partial charge is 0.357 e. The van der Waals surface area contributed by atoms with Crippen LogP contribution in [0.2, 0.25) is 0 Å². The van der Waals surface area contributed by atoms with Gasteiger partial charge in [-0.25, -0.2) is 0 Å². The molecule has 2 aliphatic rings. The summed E-state index contributed by atoms with van der Waals surface area (Å²) < 4.78 is 0. The number of nitrogens with one attached hydrogen (secondary N) is 2. The Kier molecular flexibility index (Phi) is 5.06. The van der Waals surface area contributed by atoms with Gasteiger partial charge in [-0.2, -0.15) is 0 Å². The van der Waals surface area contributed by atoms with Crippen LogP contribution in [0.1, 0.15) is 43.0 Å². The molecule has 0 aromatic heterocycles. The van der Waals surface area contributed by atoms with Gasteiger partial charge >= 0.3 is 0 Å². The zero-order valence-corrected chi connectivity index (χ0v) is 14.7. The summed E-state index contributed by atoms with van der Waals surface area (Å²) >= 11 is 0. The molecule has 1 saturated carbocycles. The summed E-state index contributed by atoms with van der Waals surface area (Å²) in [6.45, 7) is 2.66. The predicted molar refractivity (Wildman–Crippen MR) is 95.1 cm³/mol. The second-order valence-corrected chi connectivity index (χ2v) is 7.01. The lowest BCUT2D eigenvalue weighted by Crippen LogP contribution is -2.51. The number of amides is 3. The van der Waals surface area contributed by atoms with E-state index in [1.165, 1.54) is 0 Å². The fourth-order valence-electron chi connectivity index (χ4n) is 3.40. The lowest BCUT2D eigenvalue weighted by Gasteiger charge is -2.34. The maximum absolute atomic E-state index is 12.8. The highest BCUT2D eigenvalue weighted by atomic mass is 16.2. The van der Waals surface area contributed by atoms with Gasteiger partial charge in [0.1, 0.15) is 6.04 Å². The predicted octanol–water partition coefficient (Wildman–Crippen LogP) is 2.02. The molecule has 1 aromatic rings. The van der Waals surface area contributed by atoms with Gasteiger partial charge in [-0.15, -0.1) is 0 Å². The Labute approximate surface area is 148 Å². The second-order valence-electron chi connectivity index (χ2n) is 7.01. The van der Waals surface area contributed by atoms with E-state index in [0.717, 1.165) is 19.3 Å². The van der Waals surface area contributed by atoms with Crippen LogP contribution in [0, 0.1) is 11.8 Å². The monoisotopic (exact) mass is 343 g/mol. The third kappa shape index (κ3) is 3.83. The summed E-state index contributed by atoms with van der Waals surface area (Å²) in [5, 5.41) is 5.53. The van der Waals surface area contributed by atoms with E-state index in [2.05, 4.69) is 17.6 Å². The molecule has 25 heavy (non-hydrogen) atoms. The normalized spacial score (nSPS) is 25.2. The minimum Gasteiger partial charge on any atom is -0.357 e. The van der Waals surface area contributed by atoms with Gasteiger partial charge in [0.05, 0.1) is 0 Å². The minimum absolute atomic E-state index is 0.0438. The maximum Gasteiger partial charge on any atom is 0.254 e. The van der Waals surface area contributed by atoms with Crippen molar-refractivity contribution in [2.75, 3.05) is 18.9 Å². The zero-order valence-electron chi connectivity index (χ0n) is 14.7. The molecule has 2 fully saturated rings. The van der Waals surface area contributed by atoms with Crippen LogP contribution in [0.15, 0.2) is 24.3 Å². The summed E-state index contributed by atoms with van der Waals surface area (Å²) in [4.78, 5) is 38.4. The molecule has 2 N–H and O–H groups in total. The van der Waals surface area contributed by atoms with Crippen LogP contribution in [0.4, 0.5) is 5.69 Å². The zero-order chi connectivity index (χ0) is 18.0. The van der Waals surface area contributed by atoms with E-state index in [1.54, 1.807) is 36.2 Å². The molecule has 6 heteroatoms. The van der Waals surface area contributed by atoms with Crippen LogP contribution >= 0.6 is 0 Å². The Balaban J connectivity index is 1.67. The molecule has 134 valence electrons. The van der Waals surface area contributed by atoms with Gasteiger partial charge in [0.15, 0.2) is 0 Å². The highest BCUT2D eigenvalue weighted by molar-refractivity contribution is 5.99. The van der Waals surface area contributed by atoms with Crippen molar-refractivity contribution in [3.05, 3.63) is 29.8 Å². The summed E-state index contributed by atoms with van der Waals surface area (Å²) in [6, 6.07) is 6.52. The van der Waals surface area contributed by atoms with E-state index in [-0.39, 0.29) is 23.6 Å². The molecule has 1 aromatic carbocycles. The van der Waals surface area contributed by atoms with Crippen molar-refractivity contribution >= 4 is 23.4 Å². The molecule has 1 heterocycles. The van der Waals surface area contributed by atoms with Gasteiger partial charge in [-0.1, -0.05) is 6.92 Å². The van der Waals surface area contributed by atoms with E-state index in [0.29, 0.717) is 30.1 Å². The van der Waals surface area contributed by atoms with E-state index < -0.39 is 6.04 Å². The van der Waals surface area contributed by atoms with Gasteiger partial charge in [0.25, 0.3) is 5.91 Å². The summed E-state index contributed by atoms with van der Waals surface area (Å²) in [5.74, 6) is 0.365. The summed E-state index contributed by atoms with van der Waals surface area (Å²) in [6.07, 6.45) is 3.50. The fourth-order valence-corrected chi connectivity index (χ4v) is 3.40. The third-order valence-electron chi connectivity index (χ3n) is 5.16. The van der Waals surface area contributed by atoms with Crippen LogP contribution < -0.4 is 10.6 Å². The SMILES string of the molecule is CNC(=O)C1CCCCN1C(=O)c1ccc(NC(=O)C2CC2C)cc1. The Morgan fingerprint density at radius 3 is 2.36 bits per heavy atom. The van der Waals surface area contributed by atoms with Crippen molar-refractivity contribution < 1.29 is 14.4 Å². The number of rotatable bonds is 4. The number of hydrogen-bond donors (Lipinski definition) is 2. The first-order valence-electron chi connectivity index (χ1n) is 8.94. The summed E-state index contributed by atoms with van der Waals surface area (Å²) in [5.41, 5.74) is 1.23. The molecular weight excluding hydrogens is 318 g/mol. The minimum atomic E-state index is -0.401. The molecule has 0 spiro atoms. The maximum atomic E-state index is 12.8. The molecule has 3 atom stereocenters. The average molecular weight is 343 g/mol. The Morgan fingerprint density at radius 2 is 1.76 bits per heavy atom. The topological polar surface area (TPSA) is 78.5 Å². The smallest absolute Gasteiger partial charge is 0.254 e. The highest BCUT2D eigenvalue weighted by Gasteiger charge is 2.39. The Bertz CT molecular complexity index is 671. The van der Waals surface area contributed by atoms with Gasteiger partial charge in [0, 0.05) is 30.8 Å². The van der Waals surface area contributed by atoms with E-state index in [9.17, 15) is 14.4 Å². The fraction of sp³-hybridized carbons (Fsp3) is 0.526. The highest BCUT2D eigenvalue weighted by Crippen LogP contribution is 2.38. The number of carbonyl (C=O) groups excluding carboxylic acids is 3. The molecule has 3 unspecified atom stereocenters. The van der Waals surface area contributed by atoms with Gasteiger partial charge in [-0.3, -0.25) is 14.4 Å². The molecular formula is C19H25N3O3. The van der Waals surface area contributed by atoms with Crippen molar-refractivity contribution in [1.82, 2.24) is 10.2 Å². The first-order chi connectivity index (χ1) is 12.0. The molecule has 3 amide bonds. The standard InChI is InChI=1S/C19H25N3O3/c1-12-11-15(12)17(23)21-14-8-6-13(7-9-14)19(25)22-10-4-3-5-16(22)18(24)20-2/h6-9,12,15-16H,3-5,10-11H2,1-2H3,(H,20,24)(H,21,23). The number of likely N-dealkylation sites (tertiary alicyclic amines) is 1. The van der Waals surface area contributed by atoms with E-state index in [4.69, 9.17) is 0 Å². The Hall–Kier alpha value is -2.37. The number of anilines is 1. The number of nitrogens with zero attached hydrogens (tertiary/aromatic N) is 1. The summed E-state index contributed by atoms with van der Waals surface area (Å²) in [7, 11) is 1.60. The molecule has 1 aliphatic carbocycles. The van der Waals surface area contributed by atoms with Crippen molar-refractivity contribution in [2.24, 2.45) is 11.8 Å². The molecule has 0 bridgehead atoms. The quantitative estimate of drug-likeness (QED) is 0.878. The van der Waals surface area contributed by atoms with Crippen LogP contribution in [-0.4, -0.2) is 42.3 Å². The van der Waals surface area contributed by atoms with Crippen LogP contribution in [0.5, 0.6) is 0 Å². The first kappa shape index (κ1) is 17.5. The molecule has 1 aliphatic heterocycles. The molecule has 3 rings (SSSR count). The van der Waals surface area contributed by atoms with Crippen molar-refractivity contribution in [3.63, 3.8) is 0 Å². The van der Waals surface area contributed by atoms with Gasteiger partial charge < -0.3 is 15.5 Å². The molecule has 6 nitrogen and oxygen atoms in total. The van der Waals surface area contributed by atoms with Crippen molar-refractivity contribution in [2.45, 2.75) is 38.6 Å². The van der Waals surface area contributed by atoms with Crippen LogP contribution in [-0.2, 0) is 9.59 Å². The number of piperidine rings is 1. The van der Waals surface area contributed by atoms with Crippen LogP contribution in [0.3, 0.4) is 0 Å². The lowest BCUT2D eigenvalue weighted by molar-refractivity contribution is -0.126. The van der Waals surface area contributed by atoms with Crippen molar-refractivity contribution in [3.8, 4) is 0 Å². The van der Waals surface area contributed by atoms with Gasteiger partial charge in [0.2, 0.25) is 11.8 Å². The molecule has 0 radical (unpaired) electrons. The van der Waals surface area contributed by atoms with Crippen LogP contribution in [0.25, 0.3) is 0 Å². The first-order valence-corrected chi connectivity index (χ1v) is 8.94. The number of likely N-dealkylation sites (N-methyl/N-ethyl adjacent to an activating group) is 1. The lowest BCUT2D eigenvalue weighted by atomic mass is 10.00. The average Bonchev–Trinajstić information content (AvgIpc) is 3.38. The van der Waals surface area contributed by atoms with E-state index in [1.807, 2.05) is 0 Å². The number of hydrogen-bond acceptors (Lipinski definition) is 3. The number of benzene rings is 1. The van der Waals surface area contributed by atoms with Gasteiger partial charge in [-0.05, 0) is 55.9 Å². The third-order valence-corrected chi connectivity index (χ3v) is 5.16. The number of carbonyl (C=O) groups is 3. The second kappa shape index (κ2) is 7.25. The molecule has 1 saturated heterocycles.